The van der Waals surface area contributed by atoms with Gasteiger partial charge < -0.3 is 5.11 Å². The molecule has 100 valence electrons. The number of rotatable bonds is 3. The van der Waals surface area contributed by atoms with Crippen LogP contribution in [-0.2, 0) is 10.2 Å². The molecule has 0 unspecified atom stereocenters. The van der Waals surface area contributed by atoms with Crippen LogP contribution in [0.5, 0.6) is 0 Å². The number of carboxylic acid groups (broad SMARTS) is 1. The van der Waals surface area contributed by atoms with Crippen molar-refractivity contribution in [3.05, 3.63) is 40.7 Å². The summed E-state index contributed by atoms with van der Waals surface area (Å²) >= 11 is 1.32. The van der Waals surface area contributed by atoms with Crippen LogP contribution in [0.2, 0.25) is 0 Å². The highest BCUT2D eigenvalue weighted by atomic mass is 32.1. The highest BCUT2D eigenvalue weighted by molar-refractivity contribution is 7.13. The number of nitrogens with zero attached hydrogens (tertiary/aromatic N) is 1. The topological polar surface area (TPSA) is 50.2 Å². The molecule has 1 N–H and O–H groups in total. The van der Waals surface area contributed by atoms with Crippen LogP contribution in [0.3, 0.4) is 0 Å². The number of halogens is 1. The highest BCUT2D eigenvalue weighted by Gasteiger charge is 2.32. The number of hydrogen-bond acceptors (Lipinski definition) is 3. The second-order valence-corrected chi connectivity index (χ2v) is 5.84. The zero-order valence-corrected chi connectivity index (χ0v) is 11.7. The van der Waals surface area contributed by atoms with Crippen molar-refractivity contribution < 1.29 is 14.3 Å². The Labute approximate surface area is 114 Å². The fourth-order valence-electron chi connectivity index (χ4n) is 1.66. The molecule has 0 aliphatic heterocycles. The highest BCUT2D eigenvalue weighted by Crippen LogP contribution is 2.31. The molecule has 0 aliphatic carbocycles. The smallest absolute Gasteiger partial charge is 0.315 e. The first-order valence-electron chi connectivity index (χ1n) is 5.77. The maximum absolute atomic E-state index is 13.4. The summed E-state index contributed by atoms with van der Waals surface area (Å²) in [7, 11) is 0. The first kappa shape index (κ1) is 13.7. The molecule has 0 bridgehead atoms. The summed E-state index contributed by atoms with van der Waals surface area (Å²) in [5, 5.41) is 11.5. The van der Waals surface area contributed by atoms with Gasteiger partial charge in [0, 0.05) is 10.9 Å². The van der Waals surface area contributed by atoms with Crippen LogP contribution in [0.4, 0.5) is 4.39 Å². The molecule has 0 saturated carbocycles. The third-order valence-corrected chi connectivity index (χ3v) is 3.86. The van der Waals surface area contributed by atoms with Crippen molar-refractivity contribution in [2.45, 2.75) is 26.2 Å². The lowest BCUT2D eigenvalue weighted by molar-refractivity contribution is -0.142. The van der Waals surface area contributed by atoms with Gasteiger partial charge >= 0.3 is 5.97 Å². The van der Waals surface area contributed by atoms with Crippen molar-refractivity contribution in [2.24, 2.45) is 0 Å². The van der Waals surface area contributed by atoms with Gasteiger partial charge in [0.05, 0.1) is 5.69 Å². The molecule has 0 saturated heterocycles. The Morgan fingerprint density at radius 2 is 2.05 bits per heavy atom. The Hall–Kier alpha value is -1.75. The number of carbonyl (C=O) groups is 1. The normalized spacial score (nSPS) is 11.6. The molecule has 2 rings (SSSR count). The minimum Gasteiger partial charge on any atom is -0.481 e. The van der Waals surface area contributed by atoms with Gasteiger partial charge in [-0.3, -0.25) is 4.79 Å². The molecule has 1 aromatic carbocycles. The molecule has 1 heterocycles. The van der Waals surface area contributed by atoms with Crippen LogP contribution in [0.1, 0.15) is 25.1 Å². The van der Waals surface area contributed by atoms with Crippen molar-refractivity contribution >= 4 is 17.3 Å². The maximum Gasteiger partial charge on any atom is 0.315 e. The van der Waals surface area contributed by atoms with Gasteiger partial charge in [0.2, 0.25) is 0 Å². The van der Waals surface area contributed by atoms with Gasteiger partial charge in [0.15, 0.2) is 0 Å². The van der Waals surface area contributed by atoms with Crippen LogP contribution < -0.4 is 0 Å². The van der Waals surface area contributed by atoms with Crippen LogP contribution in [0.15, 0.2) is 23.6 Å². The number of carboxylic acids is 1. The summed E-state index contributed by atoms with van der Waals surface area (Å²) in [5.74, 6) is -1.25. The Kier molecular flexibility index (Phi) is 3.41. The van der Waals surface area contributed by atoms with Crippen molar-refractivity contribution in [3.8, 4) is 10.6 Å². The Morgan fingerprint density at radius 1 is 1.37 bits per heavy atom. The fraction of sp³-hybridized carbons (Fsp3) is 0.286. The molecule has 3 nitrogen and oxygen atoms in total. The predicted octanol–water partition coefficient (Wildman–Crippen LogP) is 3.62. The lowest BCUT2D eigenvalue weighted by Crippen LogP contribution is -2.28. The van der Waals surface area contributed by atoms with Gasteiger partial charge in [-0.05, 0) is 44.5 Å². The van der Waals surface area contributed by atoms with E-state index in [2.05, 4.69) is 4.98 Å². The molecule has 0 atom stereocenters. The van der Waals surface area contributed by atoms with E-state index >= 15 is 0 Å². The number of thiazole rings is 1. The molecule has 2 aromatic rings. The summed E-state index contributed by atoms with van der Waals surface area (Å²) in [4.78, 5) is 15.5. The Morgan fingerprint density at radius 3 is 2.63 bits per heavy atom. The van der Waals surface area contributed by atoms with E-state index in [0.29, 0.717) is 16.3 Å². The molecular formula is C14H14FNO2S. The standard InChI is InChI=1S/C14H14FNO2S/c1-8-4-9(6-10(15)5-8)12-16-11(7-19-12)14(2,3)13(17)18/h4-7H,1-3H3,(H,17,18). The van der Waals surface area contributed by atoms with Crippen LogP contribution in [0.25, 0.3) is 10.6 Å². The Balaban J connectivity index is 2.44. The average molecular weight is 279 g/mol. The van der Waals surface area contributed by atoms with Gasteiger partial charge in [-0.2, -0.15) is 0 Å². The molecular weight excluding hydrogens is 265 g/mol. The molecule has 1 aromatic heterocycles. The minimum absolute atomic E-state index is 0.316. The second-order valence-electron chi connectivity index (χ2n) is 4.99. The number of hydrogen-bond donors (Lipinski definition) is 1. The molecule has 0 spiro atoms. The van der Waals surface area contributed by atoms with Gasteiger partial charge in [0.25, 0.3) is 0 Å². The van der Waals surface area contributed by atoms with Crippen molar-refractivity contribution in [1.29, 1.82) is 0 Å². The number of aliphatic carboxylic acids is 1. The fourth-order valence-corrected chi connectivity index (χ4v) is 2.64. The van der Waals surface area contributed by atoms with E-state index in [1.54, 1.807) is 19.2 Å². The van der Waals surface area contributed by atoms with Crippen LogP contribution >= 0.6 is 11.3 Å². The van der Waals surface area contributed by atoms with E-state index in [1.807, 2.05) is 13.0 Å². The summed E-state index contributed by atoms with van der Waals surface area (Å²) in [6, 6.07) is 4.68. The third-order valence-electron chi connectivity index (χ3n) is 2.97. The zero-order chi connectivity index (χ0) is 14.2. The summed E-state index contributed by atoms with van der Waals surface area (Å²) in [6.07, 6.45) is 0. The first-order valence-corrected chi connectivity index (χ1v) is 6.65. The quantitative estimate of drug-likeness (QED) is 0.933. The van der Waals surface area contributed by atoms with Gasteiger partial charge in [-0.15, -0.1) is 11.3 Å². The maximum atomic E-state index is 13.4. The number of benzene rings is 1. The lowest BCUT2D eigenvalue weighted by Gasteiger charge is -2.15. The molecule has 0 aliphatic rings. The molecule has 0 radical (unpaired) electrons. The van der Waals surface area contributed by atoms with Crippen LogP contribution in [-0.4, -0.2) is 16.1 Å². The molecule has 5 heteroatoms. The van der Waals surface area contributed by atoms with E-state index in [4.69, 9.17) is 5.11 Å². The minimum atomic E-state index is -1.04. The van der Waals surface area contributed by atoms with Crippen LogP contribution in [0, 0.1) is 12.7 Å². The average Bonchev–Trinajstić information content (AvgIpc) is 2.76. The zero-order valence-electron chi connectivity index (χ0n) is 10.9. The third kappa shape index (κ3) is 2.66. The van der Waals surface area contributed by atoms with E-state index in [-0.39, 0.29) is 5.82 Å². The monoisotopic (exact) mass is 279 g/mol. The van der Waals surface area contributed by atoms with Crippen molar-refractivity contribution in [1.82, 2.24) is 4.98 Å². The van der Waals surface area contributed by atoms with Crippen molar-refractivity contribution in [3.63, 3.8) is 0 Å². The lowest BCUT2D eigenvalue weighted by atomic mass is 9.90. The van der Waals surface area contributed by atoms with Gasteiger partial charge in [-0.1, -0.05) is 0 Å². The van der Waals surface area contributed by atoms with E-state index < -0.39 is 11.4 Å². The SMILES string of the molecule is Cc1cc(F)cc(-c2nc(C(C)(C)C(=O)O)cs2)c1. The van der Waals surface area contributed by atoms with E-state index in [9.17, 15) is 9.18 Å². The molecule has 19 heavy (non-hydrogen) atoms. The summed E-state index contributed by atoms with van der Waals surface area (Å²) < 4.78 is 13.4. The van der Waals surface area contributed by atoms with E-state index in [1.165, 1.54) is 23.5 Å². The van der Waals surface area contributed by atoms with E-state index in [0.717, 1.165) is 5.56 Å². The summed E-state index contributed by atoms with van der Waals surface area (Å²) in [5.41, 5.74) is 0.929. The van der Waals surface area contributed by atoms with Gasteiger partial charge in [-0.25, -0.2) is 9.37 Å². The molecule has 0 amide bonds. The largest absolute Gasteiger partial charge is 0.481 e. The summed E-state index contributed by atoms with van der Waals surface area (Å²) in [6.45, 7) is 5.01. The van der Waals surface area contributed by atoms with Crippen molar-refractivity contribution in [2.75, 3.05) is 0 Å². The van der Waals surface area contributed by atoms with Gasteiger partial charge in [0.1, 0.15) is 16.2 Å². The molecule has 0 fully saturated rings. The number of aromatic nitrogens is 1. The first-order chi connectivity index (χ1) is 8.80. The Bertz CT molecular complexity index is 614. The number of aryl methyl sites for hydroxylation is 1. The second kappa shape index (κ2) is 4.74. The predicted molar refractivity (Wildman–Crippen MR) is 72.9 cm³/mol.